The number of hydrogen-bond acceptors (Lipinski definition) is 5. The molecule has 30 heavy (non-hydrogen) atoms. The smallest absolute Gasteiger partial charge is 0.269 e. The summed E-state index contributed by atoms with van der Waals surface area (Å²) < 4.78 is 30.0. The average Bonchev–Trinajstić information content (AvgIpc) is 3.25. The molecule has 3 aromatic carbocycles. The minimum absolute atomic E-state index is 0.332. The second-order valence-electron chi connectivity index (χ2n) is 6.98. The average molecular weight is 421 g/mol. The van der Waals surface area contributed by atoms with Crippen LogP contribution in [0.25, 0.3) is 0 Å². The van der Waals surface area contributed by atoms with Gasteiger partial charge in [0.1, 0.15) is 0 Å². The van der Waals surface area contributed by atoms with Crippen LogP contribution in [0.5, 0.6) is 0 Å². The first-order valence-corrected chi connectivity index (χ1v) is 11.0. The molecule has 0 amide bonds. The van der Waals surface area contributed by atoms with E-state index < -0.39 is 21.5 Å². The highest BCUT2D eigenvalue weighted by Crippen LogP contribution is 2.48. The van der Waals surface area contributed by atoms with Gasteiger partial charge in [0.2, 0.25) is 17.8 Å². The molecule has 1 unspecified atom stereocenters. The van der Waals surface area contributed by atoms with Gasteiger partial charge in [0.15, 0.2) is 6.34 Å². The molecule has 0 N–H and O–H groups in total. The van der Waals surface area contributed by atoms with Crippen molar-refractivity contribution in [1.29, 1.82) is 0 Å². The maximum atomic E-state index is 12.7. The normalized spacial score (nSPS) is 18.6. The topological polar surface area (TPSA) is 68.1 Å². The molecule has 6 nitrogen and oxygen atoms in total. The highest BCUT2D eigenvalue weighted by molar-refractivity contribution is 7.86. The summed E-state index contributed by atoms with van der Waals surface area (Å²) >= 11 is 0. The minimum atomic E-state index is -3.90. The second kappa shape index (κ2) is 7.95. The highest BCUT2D eigenvalue weighted by atomic mass is 32.2. The van der Waals surface area contributed by atoms with Gasteiger partial charge in [0.25, 0.3) is 0 Å². The molecule has 0 fully saturated rings. The Balaban J connectivity index is 2.15. The van der Waals surface area contributed by atoms with E-state index in [-0.39, 0.29) is 4.59 Å². The molecule has 1 heterocycles. The van der Waals surface area contributed by atoms with Gasteiger partial charge in [-0.25, -0.2) is 0 Å². The maximum Gasteiger partial charge on any atom is 0.321 e. The molecule has 0 aromatic heterocycles. The van der Waals surface area contributed by atoms with Crippen LogP contribution in [-0.4, -0.2) is 38.7 Å². The number of hydrogen-bond donors (Lipinski definition) is 0. The Hall–Kier alpha value is -3.13. The Kier molecular flexibility index (Phi) is 5.34. The Morgan fingerprint density at radius 3 is 1.57 bits per heavy atom. The molecule has 1 aliphatic heterocycles. The summed E-state index contributed by atoms with van der Waals surface area (Å²) in [6, 6.07) is 29.4. The molecule has 0 spiro atoms. The van der Waals surface area contributed by atoms with Crippen LogP contribution < -0.4 is 0 Å². The van der Waals surface area contributed by atoms with Gasteiger partial charge in [-0.3, -0.25) is 4.18 Å². The molecule has 152 valence electrons. The molecular weight excluding hydrogens is 398 g/mol. The summed E-state index contributed by atoms with van der Waals surface area (Å²) in [6.45, 7) is 0. The molecule has 0 aliphatic carbocycles. The van der Waals surface area contributed by atoms with Crippen molar-refractivity contribution in [2.24, 2.45) is 10.1 Å². The van der Waals surface area contributed by atoms with Gasteiger partial charge < -0.3 is 0 Å². The van der Waals surface area contributed by atoms with E-state index in [2.05, 4.69) is 10.1 Å². The Morgan fingerprint density at radius 2 is 1.23 bits per heavy atom. The van der Waals surface area contributed by atoms with Crippen molar-refractivity contribution in [3.63, 3.8) is 0 Å². The van der Waals surface area contributed by atoms with E-state index in [1.165, 1.54) is 6.34 Å². The van der Waals surface area contributed by atoms with E-state index in [0.717, 1.165) is 23.8 Å². The maximum absolute atomic E-state index is 12.7. The van der Waals surface area contributed by atoms with Crippen LogP contribution in [0, 0.1) is 0 Å². The second-order valence-corrected chi connectivity index (χ2v) is 8.69. The summed E-state index contributed by atoms with van der Waals surface area (Å²) in [7, 11) is -2.74. The summed E-state index contributed by atoms with van der Waals surface area (Å²) in [5.74, 6) is -0.415. The van der Waals surface area contributed by atoms with Crippen molar-refractivity contribution in [3.8, 4) is 0 Å². The SMILES string of the molecule is COS(=O)(=O)C[N+]1(C(c2ccccc2)(c2ccccc2)c2ccccc2)C=NC=N1. The summed E-state index contributed by atoms with van der Waals surface area (Å²) in [5.41, 5.74) is 1.66. The number of benzene rings is 3. The highest BCUT2D eigenvalue weighted by Gasteiger charge is 2.59. The number of nitrogens with zero attached hydrogens (tertiary/aromatic N) is 3. The van der Waals surface area contributed by atoms with Crippen molar-refractivity contribution in [1.82, 2.24) is 0 Å². The molecular formula is C23H22N3O3S+. The molecule has 0 saturated heterocycles. The van der Waals surface area contributed by atoms with Gasteiger partial charge in [0, 0.05) is 16.7 Å². The van der Waals surface area contributed by atoms with E-state index in [0.29, 0.717) is 0 Å². The van der Waals surface area contributed by atoms with Gasteiger partial charge in [0.05, 0.1) is 7.11 Å². The molecule has 0 bridgehead atoms. The lowest BCUT2D eigenvalue weighted by atomic mass is 9.75. The zero-order valence-corrected chi connectivity index (χ0v) is 17.3. The van der Waals surface area contributed by atoms with Crippen LogP contribution in [0.2, 0.25) is 0 Å². The number of quaternary nitrogens is 1. The van der Waals surface area contributed by atoms with Crippen LogP contribution in [0.4, 0.5) is 0 Å². The lowest BCUT2D eigenvalue weighted by Crippen LogP contribution is -2.60. The lowest BCUT2D eigenvalue weighted by molar-refractivity contribution is -0.877. The van der Waals surface area contributed by atoms with Gasteiger partial charge >= 0.3 is 10.1 Å². The molecule has 1 atom stereocenters. The van der Waals surface area contributed by atoms with Gasteiger partial charge in [-0.05, 0) is 0 Å². The molecule has 7 heteroatoms. The van der Waals surface area contributed by atoms with E-state index >= 15 is 0 Å². The first kappa shape index (κ1) is 20.2. The quantitative estimate of drug-likeness (QED) is 0.332. The van der Waals surface area contributed by atoms with Crippen LogP contribution >= 0.6 is 0 Å². The lowest BCUT2D eigenvalue weighted by Gasteiger charge is -2.44. The van der Waals surface area contributed by atoms with Crippen LogP contribution in [-0.2, 0) is 19.8 Å². The third-order valence-electron chi connectivity index (χ3n) is 5.35. The van der Waals surface area contributed by atoms with Crippen molar-refractivity contribution in [2.45, 2.75) is 5.54 Å². The third kappa shape index (κ3) is 3.27. The Labute approximate surface area is 176 Å². The zero-order valence-electron chi connectivity index (χ0n) is 16.5. The number of aliphatic imine (C=N–C) groups is 1. The fraction of sp³-hybridized carbons (Fsp3) is 0.130. The van der Waals surface area contributed by atoms with Crippen molar-refractivity contribution >= 4 is 22.8 Å². The fourth-order valence-electron chi connectivity index (χ4n) is 4.13. The standard InChI is InChI=1S/C23H22N3O3S/c1-29-30(27,28)19-26(18-24-17-25-26)23(20-11-5-2-6-12-20,21-13-7-3-8-14-21)22-15-9-4-10-16-22/h2-18H,19H2,1H3/q+1. The zero-order chi connectivity index (χ0) is 21.1. The summed E-state index contributed by atoms with van der Waals surface area (Å²) in [5, 5.41) is 4.63. The largest absolute Gasteiger partial charge is 0.321 e. The molecule has 4 rings (SSSR count). The monoisotopic (exact) mass is 420 g/mol. The first-order valence-electron chi connectivity index (χ1n) is 9.45. The van der Waals surface area contributed by atoms with Gasteiger partial charge in [-0.15, -0.1) is 4.59 Å². The van der Waals surface area contributed by atoms with E-state index in [4.69, 9.17) is 4.18 Å². The van der Waals surface area contributed by atoms with Crippen LogP contribution in [0.3, 0.4) is 0 Å². The molecule has 3 aromatic rings. The molecule has 0 saturated carbocycles. The fourth-order valence-corrected chi connectivity index (χ4v) is 5.05. The Bertz CT molecular complexity index is 1050. The van der Waals surface area contributed by atoms with Crippen LogP contribution in [0.1, 0.15) is 16.7 Å². The van der Waals surface area contributed by atoms with Crippen molar-refractivity contribution < 1.29 is 17.2 Å². The van der Waals surface area contributed by atoms with Crippen molar-refractivity contribution in [3.05, 3.63) is 108 Å². The first-order chi connectivity index (χ1) is 14.5. The third-order valence-corrected chi connectivity index (χ3v) is 6.56. The van der Waals surface area contributed by atoms with Crippen molar-refractivity contribution in [2.75, 3.05) is 13.0 Å². The van der Waals surface area contributed by atoms with Crippen LogP contribution in [0.15, 0.2) is 101 Å². The van der Waals surface area contributed by atoms with E-state index in [9.17, 15) is 8.42 Å². The van der Waals surface area contributed by atoms with Gasteiger partial charge in [-0.2, -0.15) is 13.4 Å². The Morgan fingerprint density at radius 1 is 0.800 bits per heavy atom. The summed E-state index contributed by atoms with van der Waals surface area (Å²) in [4.78, 5) is 4.23. The minimum Gasteiger partial charge on any atom is -0.269 e. The molecule has 1 aliphatic rings. The van der Waals surface area contributed by atoms with E-state index in [1.54, 1.807) is 6.34 Å². The number of rotatable bonds is 7. The molecule has 0 radical (unpaired) electrons. The predicted molar refractivity (Wildman–Crippen MR) is 117 cm³/mol. The predicted octanol–water partition coefficient (Wildman–Crippen LogP) is 3.71. The van der Waals surface area contributed by atoms with Gasteiger partial charge in [-0.1, -0.05) is 96.1 Å². The summed E-state index contributed by atoms with van der Waals surface area (Å²) in [6.07, 6.45) is 2.97. The van der Waals surface area contributed by atoms with E-state index in [1.807, 2.05) is 91.0 Å².